The molecule has 1 aliphatic rings. The predicted octanol–water partition coefficient (Wildman–Crippen LogP) is 3.39. The number of fused-ring (bicyclic) bond motifs is 1. The molecular formula is C17H14ClNO3S. The summed E-state index contributed by atoms with van der Waals surface area (Å²) in [5.41, 5.74) is -0.799. The second kappa shape index (κ2) is 5.92. The number of amides is 1. The normalized spacial score (nSPS) is 19.7. The molecule has 118 valence electrons. The number of carbonyl (C=O) groups is 2. The van der Waals surface area contributed by atoms with E-state index in [9.17, 15) is 14.7 Å². The van der Waals surface area contributed by atoms with Crippen molar-refractivity contribution >= 4 is 40.3 Å². The van der Waals surface area contributed by atoms with Gasteiger partial charge in [-0.15, -0.1) is 17.9 Å². The molecule has 0 unspecified atom stereocenters. The van der Waals surface area contributed by atoms with E-state index in [1.807, 2.05) is 0 Å². The Morgan fingerprint density at radius 3 is 2.74 bits per heavy atom. The van der Waals surface area contributed by atoms with E-state index < -0.39 is 11.5 Å². The molecule has 1 aromatic heterocycles. The van der Waals surface area contributed by atoms with Crippen molar-refractivity contribution in [3.8, 4) is 0 Å². The average Bonchev–Trinajstić information content (AvgIpc) is 3.05. The molecule has 0 spiro atoms. The molecular weight excluding hydrogens is 334 g/mol. The molecule has 0 saturated heterocycles. The first-order valence-electron chi connectivity index (χ1n) is 7.00. The second-order valence-corrected chi connectivity index (χ2v) is 7.00. The van der Waals surface area contributed by atoms with Gasteiger partial charge < -0.3 is 10.0 Å². The van der Waals surface area contributed by atoms with E-state index in [-0.39, 0.29) is 18.7 Å². The summed E-state index contributed by atoms with van der Waals surface area (Å²) in [6.45, 7) is 3.91. The zero-order valence-electron chi connectivity index (χ0n) is 12.2. The van der Waals surface area contributed by atoms with Crippen molar-refractivity contribution in [2.45, 2.75) is 12.0 Å². The van der Waals surface area contributed by atoms with Gasteiger partial charge in [0.2, 0.25) is 0 Å². The lowest BCUT2D eigenvalue weighted by Gasteiger charge is -2.21. The number of thiophene rings is 1. The maximum absolute atomic E-state index is 12.7. The van der Waals surface area contributed by atoms with Crippen molar-refractivity contribution in [3.63, 3.8) is 0 Å². The number of nitrogens with zero attached hydrogens (tertiary/aromatic N) is 1. The molecule has 1 N–H and O–H groups in total. The van der Waals surface area contributed by atoms with Crippen LogP contribution in [-0.4, -0.2) is 23.3 Å². The number of benzene rings is 1. The van der Waals surface area contributed by atoms with Crippen LogP contribution in [0.1, 0.15) is 21.7 Å². The third-order valence-electron chi connectivity index (χ3n) is 3.82. The zero-order chi connectivity index (χ0) is 16.6. The predicted molar refractivity (Wildman–Crippen MR) is 91.2 cm³/mol. The monoisotopic (exact) mass is 347 g/mol. The summed E-state index contributed by atoms with van der Waals surface area (Å²) in [6.07, 6.45) is 1.27. The van der Waals surface area contributed by atoms with Crippen molar-refractivity contribution in [1.29, 1.82) is 0 Å². The molecule has 1 aromatic carbocycles. The third-order valence-corrected chi connectivity index (χ3v) is 5.09. The molecule has 23 heavy (non-hydrogen) atoms. The van der Waals surface area contributed by atoms with Crippen LogP contribution < -0.4 is 4.90 Å². The molecule has 2 aromatic rings. The molecule has 1 aliphatic heterocycles. The van der Waals surface area contributed by atoms with Crippen molar-refractivity contribution in [1.82, 2.24) is 0 Å². The van der Waals surface area contributed by atoms with Gasteiger partial charge in [-0.3, -0.25) is 9.59 Å². The lowest BCUT2D eigenvalue weighted by Crippen LogP contribution is -2.41. The summed E-state index contributed by atoms with van der Waals surface area (Å²) >= 11 is 6.98. The fraction of sp³-hybridized carbons (Fsp3) is 0.176. The van der Waals surface area contributed by atoms with Gasteiger partial charge in [-0.25, -0.2) is 0 Å². The molecule has 0 radical (unpaired) electrons. The Morgan fingerprint density at radius 1 is 1.35 bits per heavy atom. The van der Waals surface area contributed by atoms with Gasteiger partial charge in [0.25, 0.3) is 5.91 Å². The van der Waals surface area contributed by atoms with Gasteiger partial charge in [-0.2, -0.15) is 0 Å². The maximum Gasteiger partial charge on any atom is 0.264 e. The summed E-state index contributed by atoms with van der Waals surface area (Å²) in [5, 5.41) is 11.0. The van der Waals surface area contributed by atoms with Crippen LogP contribution in [0, 0.1) is 0 Å². The Kier molecular flexibility index (Phi) is 4.10. The molecule has 1 amide bonds. The Morgan fingerprint density at radius 2 is 2.09 bits per heavy atom. The summed E-state index contributed by atoms with van der Waals surface area (Å²) in [7, 11) is 0. The molecule has 1 atom stereocenters. The van der Waals surface area contributed by atoms with Crippen molar-refractivity contribution in [2.75, 3.05) is 11.4 Å². The topological polar surface area (TPSA) is 57.6 Å². The molecule has 6 heteroatoms. The van der Waals surface area contributed by atoms with Gasteiger partial charge in [0.1, 0.15) is 0 Å². The van der Waals surface area contributed by atoms with Crippen molar-refractivity contribution in [3.05, 3.63) is 63.8 Å². The van der Waals surface area contributed by atoms with Gasteiger partial charge in [0, 0.05) is 12.1 Å². The van der Waals surface area contributed by atoms with Crippen LogP contribution in [0.4, 0.5) is 5.69 Å². The Hall–Kier alpha value is -1.95. The molecule has 3 rings (SSSR count). The number of halogens is 1. The number of aliphatic hydroxyl groups is 1. The standard InChI is InChI=1S/C17H14ClNO3S/c1-2-9-19-12-6-4-3-5-11(12)17(22,16(19)21)10-13(20)14-7-8-15(18)23-14/h2-8,22H,1,9-10H2/t17-/m1/s1. The van der Waals surface area contributed by atoms with Gasteiger partial charge in [-0.1, -0.05) is 35.9 Å². The fourth-order valence-corrected chi connectivity index (χ4v) is 3.75. The van der Waals surface area contributed by atoms with E-state index in [1.54, 1.807) is 42.5 Å². The summed E-state index contributed by atoms with van der Waals surface area (Å²) in [4.78, 5) is 27.0. The number of carbonyl (C=O) groups excluding carboxylic acids is 2. The van der Waals surface area contributed by atoms with E-state index in [4.69, 9.17) is 11.6 Å². The number of ketones is 1. The molecule has 0 aliphatic carbocycles. The van der Waals surface area contributed by atoms with Crippen LogP contribution in [0.2, 0.25) is 4.34 Å². The maximum atomic E-state index is 12.7. The lowest BCUT2D eigenvalue weighted by molar-refractivity contribution is -0.135. The lowest BCUT2D eigenvalue weighted by atomic mass is 9.89. The minimum atomic E-state index is -1.85. The number of hydrogen-bond donors (Lipinski definition) is 1. The smallest absolute Gasteiger partial charge is 0.264 e. The van der Waals surface area contributed by atoms with Gasteiger partial charge in [0.15, 0.2) is 11.4 Å². The van der Waals surface area contributed by atoms with Crippen LogP contribution in [0.3, 0.4) is 0 Å². The molecule has 2 heterocycles. The van der Waals surface area contributed by atoms with Crippen LogP contribution in [0.5, 0.6) is 0 Å². The molecule has 0 saturated carbocycles. The highest BCUT2D eigenvalue weighted by Crippen LogP contribution is 2.43. The molecule has 0 bridgehead atoms. The molecule has 4 nitrogen and oxygen atoms in total. The van der Waals surface area contributed by atoms with E-state index in [0.29, 0.717) is 20.5 Å². The van der Waals surface area contributed by atoms with Gasteiger partial charge in [-0.05, 0) is 18.2 Å². The van der Waals surface area contributed by atoms with Crippen molar-refractivity contribution in [2.24, 2.45) is 0 Å². The Labute approximate surface area is 142 Å². The van der Waals surface area contributed by atoms with E-state index >= 15 is 0 Å². The number of hydrogen-bond acceptors (Lipinski definition) is 4. The van der Waals surface area contributed by atoms with Gasteiger partial charge in [0.05, 0.1) is 21.3 Å². The van der Waals surface area contributed by atoms with Crippen LogP contribution in [-0.2, 0) is 10.4 Å². The third kappa shape index (κ3) is 2.61. The highest BCUT2D eigenvalue weighted by atomic mass is 35.5. The number of rotatable bonds is 5. The quantitative estimate of drug-likeness (QED) is 0.666. The van der Waals surface area contributed by atoms with Crippen molar-refractivity contribution < 1.29 is 14.7 Å². The number of para-hydroxylation sites is 1. The average molecular weight is 348 g/mol. The first kappa shape index (κ1) is 15.9. The van der Waals surface area contributed by atoms with Crippen LogP contribution in [0.25, 0.3) is 0 Å². The highest BCUT2D eigenvalue weighted by molar-refractivity contribution is 7.18. The largest absolute Gasteiger partial charge is 0.375 e. The Bertz CT molecular complexity index is 801. The minimum absolute atomic E-state index is 0.275. The Balaban J connectivity index is 1.98. The van der Waals surface area contributed by atoms with Crippen LogP contribution in [0.15, 0.2) is 49.1 Å². The molecule has 0 fully saturated rings. The minimum Gasteiger partial charge on any atom is -0.375 e. The second-order valence-electron chi connectivity index (χ2n) is 5.29. The first-order chi connectivity index (χ1) is 11.0. The fourth-order valence-electron chi connectivity index (χ4n) is 2.77. The highest BCUT2D eigenvalue weighted by Gasteiger charge is 2.50. The zero-order valence-corrected chi connectivity index (χ0v) is 13.7. The van der Waals surface area contributed by atoms with E-state index in [0.717, 1.165) is 11.3 Å². The van der Waals surface area contributed by atoms with E-state index in [2.05, 4.69) is 6.58 Å². The SMILES string of the molecule is C=CCN1C(=O)[C@@](O)(CC(=O)c2ccc(Cl)s2)c2ccccc21. The van der Waals surface area contributed by atoms with Gasteiger partial charge >= 0.3 is 0 Å². The number of Topliss-reactive ketones (excluding diaryl/α,β-unsaturated/α-hetero) is 1. The number of anilines is 1. The van der Waals surface area contributed by atoms with E-state index in [1.165, 1.54) is 4.90 Å². The summed E-state index contributed by atoms with van der Waals surface area (Å²) < 4.78 is 0.492. The summed E-state index contributed by atoms with van der Waals surface area (Å²) in [6, 6.07) is 10.2. The first-order valence-corrected chi connectivity index (χ1v) is 8.20. The summed E-state index contributed by atoms with van der Waals surface area (Å²) in [5.74, 6) is -0.817. The van der Waals surface area contributed by atoms with Crippen LogP contribution >= 0.6 is 22.9 Å².